The molecule has 6 heteroatoms. The molecule has 134 valence electrons. The summed E-state index contributed by atoms with van der Waals surface area (Å²) in [4.78, 5) is 0.149. The second kappa shape index (κ2) is 8.58. The minimum absolute atomic E-state index is 0.0222. The smallest absolute Gasteiger partial charge is 0.297 e. The lowest BCUT2D eigenvalue weighted by molar-refractivity contribution is -0.0209. The van der Waals surface area contributed by atoms with E-state index in [9.17, 15) is 8.42 Å². The number of benzene rings is 2. The van der Waals surface area contributed by atoms with Gasteiger partial charge in [0.05, 0.1) is 24.7 Å². The van der Waals surface area contributed by atoms with Crippen LogP contribution in [0.25, 0.3) is 0 Å². The Kier molecular flexibility index (Phi) is 6.20. The van der Waals surface area contributed by atoms with E-state index in [1.54, 1.807) is 18.2 Å². The summed E-state index contributed by atoms with van der Waals surface area (Å²) in [5.74, 6) is 0. The number of rotatable bonds is 7. The number of fused-ring (bicyclic) bond motifs is 1. The normalized spacial score (nSPS) is 17.7. The van der Waals surface area contributed by atoms with Gasteiger partial charge in [0.2, 0.25) is 0 Å². The highest BCUT2D eigenvalue weighted by atomic mass is 32.2. The molecular weight excluding hydrogens is 340 g/mol. The number of hydrogen-bond donors (Lipinski definition) is 0. The fourth-order valence-corrected chi connectivity index (χ4v) is 3.75. The fraction of sp³-hybridized carbons (Fsp3) is 0.368. The van der Waals surface area contributed by atoms with Gasteiger partial charge in [0.25, 0.3) is 10.1 Å². The molecular formula is C19H22O5S. The standard InChI is InChI=1S/C19H22O5S/c20-25(21,17-9-2-1-3-10-17)24-14-13-22-15-19-18-11-5-4-7-16(18)8-6-12-23-19/h1-5,7,9-11,19H,6,8,12-15H2. The number of aryl methyl sites for hydroxylation is 1. The molecule has 2 aromatic rings. The molecule has 1 heterocycles. The maximum atomic E-state index is 12.0. The molecule has 1 atom stereocenters. The van der Waals surface area contributed by atoms with E-state index >= 15 is 0 Å². The van der Waals surface area contributed by atoms with Crippen LogP contribution in [-0.4, -0.2) is 34.8 Å². The first kappa shape index (κ1) is 18.1. The van der Waals surface area contributed by atoms with Crippen molar-refractivity contribution >= 4 is 10.1 Å². The molecule has 1 aliphatic heterocycles. The second-order valence-corrected chi connectivity index (χ2v) is 7.44. The first-order valence-corrected chi connectivity index (χ1v) is 9.79. The molecule has 1 unspecified atom stereocenters. The van der Waals surface area contributed by atoms with Crippen molar-refractivity contribution in [3.63, 3.8) is 0 Å². The molecule has 0 N–H and O–H groups in total. The molecule has 0 saturated carbocycles. The maximum Gasteiger partial charge on any atom is 0.297 e. The average molecular weight is 362 g/mol. The Balaban J connectivity index is 1.48. The molecule has 0 amide bonds. The van der Waals surface area contributed by atoms with Gasteiger partial charge in [-0.05, 0) is 36.1 Å². The van der Waals surface area contributed by atoms with Crippen molar-refractivity contribution in [3.05, 3.63) is 65.7 Å². The van der Waals surface area contributed by atoms with Crippen molar-refractivity contribution in [2.75, 3.05) is 26.4 Å². The molecule has 1 aliphatic rings. The van der Waals surface area contributed by atoms with Crippen LogP contribution in [0.3, 0.4) is 0 Å². The highest BCUT2D eigenvalue weighted by Gasteiger charge is 2.19. The van der Waals surface area contributed by atoms with Crippen molar-refractivity contribution in [2.24, 2.45) is 0 Å². The highest BCUT2D eigenvalue weighted by Crippen LogP contribution is 2.26. The van der Waals surface area contributed by atoms with Gasteiger partial charge in [-0.25, -0.2) is 0 Å². The maximum absolute atomic E-state index is 12.0. The summed E-state index contributed by atoms with van der Waals surface area (Å²) in [6.07, 6.45) is 1.88. The minimum Gasteiger partial charge on any atom is -0.376 e. The molecule has 5 nitrogen and oxygen atoms in total. The Labute approximate surface area is 148 Å². The van der Waals surface area contributed by atoms with Crippen LogP contribution in [0, 0.1) is 0 Å². The van der Waals surface area contributed by atoms with Crippen LogP contribution in [-0.2, 0) is 30.2 Å². The van der Waals surface area contributed by atoms with E-state index < -0.39 is 10.1 Å². The summed E-state index contributed by atoms with van der Waals surface area (Å²) >= 11 is 0. The molecule has 0 fully saturated rings. The molecule has 25 heavy (non-hydrogen) atoms. The lowest BCUT2D eigenvalue weighted by atomic mass is 10.0. The second-order valence-electron chi connectivity index (χ2n) is 5.83. The zero-order valence-electron chi connectivity index (χ0n) is 14.0. The van der Waals surface area contributed by atoms with Crippen LogP contribution in [0.5, 0.6) is 0 Å². The van der Waals surface area contributed by atoms with Crippen molar-refractivity contribution < 1.29 is 22.1 Å². The third-order valence-corrected chi connectivity index (χ3v) is 5.41. The van der Waals surface area contributed by atoms with Crippen molar-refractivity contribution in [3.8, 4) is 0 Å². The van der Waals surface area contributed by atoms with Crippen LogP contribution < -0.4 is 0 Å². The van der Waals surface area contributed by atoms with Crippen molar-refractivity contribution in [2.45, 2.75) is 23.8 Å². The summed E-state index contributed by atoms with van der Waals surface area (Å²) in [5, 5.41) is 0. The number of ether oxygens (including phenoxy) is 2. The minimum atomic E-state index is -3.73. The lowest BCUT2D eigenvalue weighted by Crippen LogP contribution is -2.16. The van der Waals surface area contributed by atoms with Gasteiger partial charge in [-0.15, -0.1) is 0 Å². The van der Waals surface area contributed by atoms with E-state index in [1.165, 1.54) is 17.7 Å². The van der Waals surface area contributed by atoms with Gasteiger partial charge in [-0.3, -0.25) is 4.18 Å². The Bertz CT molecular complexity index is 773. The third-order valence-electron chi connectivity index (χ3n) is 4.08. The van der Waals surface area contributed by atoms with E-state index in [-0.39, 0.29) is 24.2 Å². The third kappa shape index (κ3) is 4.89. The Hall–Kier alpha value is -1.73. The summed E-state index contributed by atoms with van der Waals surface area (Å²) in [6, 6.07) is 16.3. The fourth-order valence-electron chi connectivity index (χ4n) is 2.84. The zero-order valence-corrected chi connectivity index (χ0v) is 14.8. The van der Waals surface area contributed by atoms with Crippen LogP contribution in [0.4, 0.5) is 0 Å². The quantitative estimate of drug-likeness (QED) is 0.559. The SMILES string of the molecule is O=S(=O)(OCCOCC1OCCCc2ccccc21)c1ccccc1. The van der Waals surface area contributed by atoms with E-state index in [0.717, 1.165) is 18.4 Å². The molecule has 2 aromatic carbocycles. The first-order valence-electron chi connectivity index (χ1n) is 8.38. The number of hydrogen-bond acceptors (Lipinski definition) is 5. The van der Waals surface area contributed by atoms with Gasteiger partial charge in [0.1, 0.15) is 6.10 Å². The van der Waals surface area contributed by atoms with Gasteiger partial charge in [0.15, 0.2) is 0 Å². The molecule has 0 bridgehead atoms. The summed E-state index contributed by atoms with van der Waals surface area (Å²) in [7, 11) is -3.73. The van der Waals surface area contributed by atoms with Gasteiger partial charge in [0, 0.05) is 6.61 Å². The van der Waals surface area contributed by atoms with Crippen molar-refractivity contribution in [1.82, 2.24) is 0 Å². The topological polar surface area (TPSA) is 61.8 Å². The van der Waals surface area contributed by atoms with Gasteiger partial charge >= 0.3 is 0 Å². The Morgan fingerprint density at radius 2 is 1.76 bits per heavy atom. The molecule has 0 aliphatic carbocycles. The summed E-state index contributed by atoms with van der Waals surface area (Å²) in [5.41, 5.74) is 2.44. The van der Waals surface area contributed by atoms with E-state index in [1.807, 2.05) is 12.1 Å². The van der Waals surface area contributed by atoms with E-state index in [0.29, 0.717) is 13.2 Å². The predicted molar refractivity (Wildman–Crippen MR) is 93.9 cm³/mol. The van der Waals surface area contributed by atoms with Crippen LogP contribution in [0.1, 0.15) is 23.7 Å². The predicted octanol–water partition coefficient (Wildman–Crippen LogP) is 3.11. The van der Waals surface area contributed by atoms with E-state index in [4.69, 9.17) is 13.7 Å². The van der Waals surface area contributed by atoms with Crippen LogP contribution in [0.15, 0.2) is 59.5 Å². The average Bonchev–Trinajstić information content (AvgIpc) is 2.85. The zero-order chi connectivity index (χ0) is 17.5. The van der Waals surface area contributed by atoms with Gasteiger partial charge in [-0.2, -0.15) is 8.42 Å². The summed E-state index contributed by atoms with van der Waals surface area (Å²) in [6.45, 7) is 1.24. The largest absolute Gasteiger partial charge is 0.376 e. The van der Waals surface area contributed by atoms with Gasteiger partial charge < -0.3 is 9.47 Å². The van der Waals surface area contributed by atoms with Crippen LogP contribution in [0.2, 0.25) is 0 Å². The molecule has 0 radical (unpaired) electrons. The lowest BCUT2D eigenvalue weighted by Gasteiger charge is -2.18. The summed E-state index contributed by atoms with van der Waals surface area (Å²) < 4.78 is 40.5. The molecule has 0 saturated heterocycles. The first-order chi connectivity index (χ1) is 12.2. The van der Waals surface area contributed by atoms with Gasteiger partial charge in [-0.1, -0.05) is 42.5 Å². The molecule has 0 spiro atoms. The molecule has 3 rings (SSSR count). The highest BCUT2D eigenvalue weighted by molar-refractivity contribution is 7.86. The van der Waals surface area contributed by atoms with Crippen molar-refractivity contribution in [1.29, 1.82) is 0 Å². The Morgan fingerprint density at radius 1 is 1.00 bits per heavy atom. The van der Waals surface area contributed by atoms with Crippen LogP contribution >= 0.6 is 0 Å². The van der Waals surface area contributed by atoms with E-state index in [2.05, 4.69) is 12.1 Å². The Morgan fingerprint density at radius 3 is 2.60 bits per heavy atom. The monoisotopic (exact) mass is 362 g/mol. The molecule has 0 aromatic heterocycles.